The van der Waals surface area contributed by atoms with E-state index >= 15 is 0 Å². The fourth-order valence-corrected chi connectivity index (χ4v) is 4.68. The van der Waals surface area contributed by atoms with E-state index in [1.54, 1.807) is 11.8 Å². The number of aromatic nitrogens is 5. The molecule has 5 rings (SSSR count). The van der Waals surface area contributed by atoms with Crippen molar-refractivity contribution in [2.24, 2.45) is 0 Å². The van der Waals surface area contributed by atoms with Crippen LogP contribution in [0.25, 0.3) is 10.9 Å². The summed E-state index contributed by atoms with van der Waals surface area (Å²) in [6.45, 7) is 8.80. The highest BCUT2D eigenvalue weighted by Gasteiger charge is 2.19. The molecule has 0 spiro atoms. The maximum absolute atomic E-state index is 12.4. The van der Waals surface area contributed by atoms with E-state index in [0.717, 1.165) is 65.2 Å². The molecule has 0 saturated carbocycles. The van der Waals surface area contributed by atoms with Gasteiger partial charge in [0.25, 0.3) is 0 Å². The van der Waals surface area contributed by atoms with Crippen LogP contribution in [-0.2, 0) is 17.9 Å². The Morgan fingerprint density at radius 3 is 2.64 bits per heavy atom. The summed E-state index contributed by atoms with van der Waals surface area (Å²) in [5.74, 6) is 2.98. The highest BCUT2D eigenvalue weighted by atomic mass is 16.5. The predicted molar refractivity (Wildman–Crippen MR) is 140 cm³/mol. The van der Waals surface area contributed by atoms with Crippen LogP contribution in [0.2, 0.25) is 0 Å². The zero-order valence-corrected chi connectivity index (χ0v) is 21.2. The lowest BCUT2D eigenvalue weighted by atomic mass is 10.1. The molecule has 1 saturated heterocycles. The molecule has 0 radical (unpaired) electrons. The highest BCUT2D eigenvalue weighted by Crippen LogP contribution is 2.34. The summed E-state index contributed by atoms with van der Waals surface area (Å²) in [6, 6.07) is 7.82. The van der Waals surface area contributed by atoms with E-state index in [2.05, 4.69) is 34.6 Å². The molecular weight excluding hydrogens is 456 g/mol. The Bertz CT molecular complexity index is 1400. The van der Waals surface area contributed by atoms with Gasteiger partial charge in [-0.25, -0.2) is 4.98 Å². The minimum Gasteiger partial charge on any atom is -0.496 e. The Hall–Kier alpha value is -4.08. The molecule has 36 heavy (non-hydrogen) atoms. The molecule has 3 aromatic heterocycles. The van der Waals surface area contributed by atoms with Crippen LogP contribution in [0.1, 0.15) is 30.9 Å². The molecule has 1 fully saturated rings. The van der Waals surface area contributed by atoms with Crippen molar-refractivity contribution < 1.29 is 9.53 Å². The van der Waals surface area contributed by atoms with Gasteiger partial charge in [0.05, 0.1) is 18.0 Å². The molecule has 10 heteroatoms. The van der Waals surface area contributed by atoms with Crippen molar-refractivity contribution in [1.29, 1.82) is 0 Å². The number of methoxy groups -OCH3 is 1. The number of ether oxygens (including phenoxy) is 1. The van der Waals surface area contributed by atoms with Crippen molar-refractivity contribution in [3.63, 3.8) is 0 Å². The molecule has 188 valence electrons. The number of nitrogens with one attached hydrogen (secondary N) is 2. The van der Waals surface area contributed by atoms with Crippen LogP contribution in [-0.4, -0.2) is 55.6 Å². The monoisotopic (exact) mass is 488 g/mol. The minimum absolute atomic E-state index is 0.107. The van der Waals surface area contributed by atoms with Crippen molar-refractivity contribution in [3.8, 4) is 5.75 Å². The first-order chi connectivity index (χ1) is 17.5. The van der Waals surface area contributed by atoms with Crippen LogP contribution in [0.3, 0.4) is 0 Å². The summed E-state index contributed by atoms with van der Waals surface area (Å²) in [4.78, 5) is 18.9. The fraction of sp³-hybridized carbons (Fsp3) is 0.385. The third-order valence-electron chi connectivity index (χ3n) is 6.68. The number of hydrogen-bond acceptors (Lipinski definition) is 7. The smallest absolute Gasteiger partial charge is 0.244 e. The van der Waals surface area contributed by atoms with E-state index in [1.807, 2.05) is 53.2 Å². The van der Waals surface area contributed by atoms with Gasteiger partial charge < -0.3 is 20.3 Å². The number of benzene rings is 1. The first-order valence-corrected chi connectivity index (χ1v) is 12.3. The number of hydrogen-bond donors (Lipinski definition) is 2. The molecule has 0 unspecified atom stereocenters. The van der Waals surface area contributed by atoms with Gasteiger partial charge in [-0.15, -0.1) is 0 Å². The van der Waals surface area contributed by atoms with E-state index in [1.165, 1.54) is 0 Å². The minimum atomic E-state index is 0.107. The maximum Gasteiger partial charge on any atom is 0.244 e. The second-order valence-electron chi connectivity index (χ2n) is 9.07. The highest BCUT2D eigenvalue weighted by molar-refractivity contribution is 5.93. The fourth-order valence-electron chi connectivity index (χ4n) is 4.68. The van der Waals surface area contributed by atoms with Crippen molar-refractivity contribution in [3.05, 3.63) is 47.8 Å². The van der Waals surface area contributed by atoms with Gasteiger partial charge in [0.2, 0.25) is 5.91 Å². The number of carbonyl (C=O) groups excluding carboxylic acids is 1. The number of carbonyl (C=O) groups is 1. The topological polar surface area (TPSA) is 102 Å². The number of likely N-dealkylation sites (tertiary alicyclic amines) is 1. The van der Waals surface area contributed by atoms with Gasteiger partial charge >= 0.3 is 0 Å². The molecule has 1 aromatic carbocycles. The first kappa shape index (κ1) is 23.7. The van der Waals surface area contributed by atoms with Crippen LogP contribution in [0.15, 0.2) is 36.7 Å². The van der Waals surface area contributed by atoms with E-state index in [0.29, 0.717) is 18.2 Å². The van der Waals surface area contributed by atoms with Crippen LogP contribution in [0.5, 0.6) is 5.75 Å². The van der Waals surface area contributed by atoms with Crippen LogP contribution in [0.4, 0.5) is 23.1 Å². The Balaban J connectivity index is 1.36. The van der Waals surface area contributed by atoms with Crippen LogP contribution in [0, 0.1) is 13.8 Å². The van der Waals surface area contributed by atoms with Crippen LogP contribution >= 0.6 is 0 Å². The molecule has 1 aliphatic rings. The third-order valence-corrected chi connectivity index (χ3v) is 6.68. The van der Waals surface area contributed by atoms with Gasteiger partial charge in [0.1, 0.15) is 18.1 Å². The van der Waals surface area contributed by atoms with Gasteiger partial charge in [0, 0.05) is 55.4 Å². The van der Waals surface area contributed by atoms with Gasteiger partial charge in [-0.1, -0.05) is 6.07 Å². The average molecular weight is 489 g/mol. The third kappa shape index (κ3) is 4.58. The Kier molecular flexibility index (Phi) is 6.49. The standard InChI is InChI=1S/C26H32N8O2/c1-5-34-20-14-23(28-22-10-13-33(30-22)16-24(35)32-11-6-7-12-32)27-15-19(20)26(31-34)29-25-17(2)8-9-21(36-4)18(25)3/h8-10,13-15H,5-7,11-12,16H2,1-4H3,(H,29,31)(H,27,28,30). The second kappa shape index (κ2) is 9.88. The zero-order chi connectivity index (χ0) is 25.2. The number of rotatable bonds is 8. The van der Waals surface area contributed by atoms with Gasteiger partial charge in [-0.2, -0.15) is 10.2 Å². The quantitative estimate of drug-likeness (QED) is 0.379. The first-order valence-electron chi connectivity index (χ1n) is 12.3. The number of fused-ring (bicyclic) bond motifs is 1. The maximum atomic E-state index is 12.4. The number of nitrogens with zero attached hydrogens (tertiary/aromatic N) is 6. The lowest BCUT2D eigenvalue weighted by Crippen LogP contribution is -2.31. The van der Waals surface area contributed by atoms with E-state index in [9.17, 15) is 4.79 Å². The Labute approximate surface area is 210 Å². The summed E-state index contributed by atoms with van der Waals surface area (Å²) >= 11 is 0. The summed E-state index contributed by atoms with van der Waals surface area (Å²) in [5.41, 5.74) is 4.08. The lowest BCUT2D eigenvalue weighted by molar-refractivity contribution is -0.130. The second-order valence-corrected chi connectivity index (χ2v) is 9.07. The van der Waals surface area contributed by atoms with Crippen molar-refractivity contribution >= 4 is 40.0 Å². The number of anilines is 4. The van der Waals surface area contributed by atoms with E-state index < -0.39 is 0 Å². The Morgan fingerprint density at radius 2 is 1.89 bits per heavy atom. The largest absolute Gasteiger partial charge is 0.496 e. The molecule has 10 nitrogen and oxygen atoms in total. The summed E-state index contributed by atoms with van der Waals surface area (Å²) in [5, 5.41) is 17.0. The molecule has 2 N–H and O–H groups in total. The normalized spacial score (nSPS) is 13.4. The van der Waals surface area contributed by atoms with Crippen molar-refractivity contribution in [1.82, 2.24) is 29.4 Å². The summed E-state index contributed by atoms with van der Waals surface area (Å²) in [6.07, 6.45) is 5.79. The number of aryl methyl sites for hydroxylation is 2. The molecule has 1 aliphatic heterocycles. The molecule has 0 atom stereocenters. The number of amides is 1. The molecule has 1 amide bonds. The zero-order valence-electron chi connectivity index (χ0n) is 21.2. The molecule has 4 aromatic rings. The predicted octanol–water partition coefficient (Wildman–Crippen LogP) is 4.38. The Morgan fingerprint density at radius 1 is 1.08 bits per heavy atom. The van der Waals surface area contributed by atoms with Crippen molar-refractivity contribution in [2.75, 3.05) is 30.8 Å². The van der Waals surface area contributed by atoms with Gasteiger partial charge in [-0.3, -0.25) is 14.2 Å². The average Bonchev–Trinajstić information content (AvgIpc) is 3.63. The van der Waals surface area contributed by atoms with Gasteiger partial charge in [0.15, 0.2) is 11.6 Å². The van der Waals surface area contributed by atoms with Crippen LogP contribution < -0.4 is 15.4 Å². The molecule has 0 aliphatic carbocycles. The van der Waals surface area contributed by atoms with Gasteiger partial charge in [-0.05, 0) is 45.2 Å². The lowest BCUT2D eigenvalue weighted by Gasteiger charge is -2.14. The number of pyridine rings is 1. The molecule has 0 bridgehead atoms. The summed E-state index contributed by atoms with van der Waals surface area (Å²) < 4.78 is 9.11. The van der Waals surface area contributed by atoms with E-state index in [-0.39, 0.29) is 12.5 Å². The molecular formula is C26H32N8O2. The molecule has 4 heterocycles. The van der Waals surface area contributed by atoms with E-state index in [4.69, 9.17) is 9.84 Å². The SMILES string of the molecule is CCn1nc(Nc2c(C)ccc(OC)c2C)c2cnc(Nc3ccn(CC(=O)N4CCCC4)n3)cc21. The summed E-state index contributed by atoms with van der Waals surface area (Å²) in [7, 11) is 1.68. The van der Waals surface area contributed by atoms with Crippen molar-refractivity contribution in [2.45, 2.75) is 46.7 Å².